The maximum absolute atomic E-state index is 2.43. The summed E-state index contributed by atoms with van der Waals surface area (Å²) < 4.78 is 0. The van der Waals surface area contributed by atoms with Crippen LogP contribution in [0.25, 0.3) is 0 Å². The quantitative estimate of drug-likeness (QED) is 0.751. The highest BCUT2D eigenvalue weighted by molar-refractivity contribution is 4.80. The predicted molar refractivity (Wildman–Crippen MR) is 88.1 cm³/mol. The molecule has 0 aromatic carbocycles. The van der Waals surface area contributed by atoms with Gasteiger partial charge >= 0.3 is 0 Å². The molecule has 2 heteroatoms. The van der Waals surface area contributed by atoms with Crippen LogP contribution in [0.2, 0.25) is 0 Å². The van der Waals surface area contributed by atoms with Crippen LogP contribution in [0, 0.1) is 11.8 Å². The van der Waals surface area contributed by atoms with E-state index < -0.39 is 0 Å². The Morgan fingerprint density at radius 2 is 0.850 bits per heavy atom. The second-order valence-corrected chi connectivity index (χ2v) is 7.85. The van der Waals surface area contributed by atoms with Crippen LogP contribution in [0.15, 0.2) is 0 Å². The maximum atomic E-state index is 2.43. The SMILES string of the molecule is CN(C)C1CCC(CCC2CCC(N(C)C)CC2)CC1. The summed E-state index contributed by atoms with van der Waals surface area (Å²) in [7, 11) is 8.98. The van der Waals surface area contributed by atoms with Crippen molar-refractivity contribution in [2.45, 2.75) is 76.3 Å². The van der Waals surface area contributed by atoms with Crippen LogP contribution in [0.3, 0.4) is 0 Å². The molecule has 0 aromatic rings. The fourth-order valence-electron chi connectivity index (χ4n) is 4.37. The Kier molecular flexibility index (Phi) is 6.35. The molecule has 2 aliphatic rings. The van der Waals surface area contributed by atoms with E-state index in [0.717, 1.165) is 23.9 Å². The zero-order valence-corrected chi connectivity index (χ0v) is 14.3. The molecule has 0 N–H and O–H groups in total. The summed E-state index contributed by atoms with van der Waals surface area (Å²) in [6.45, 7) is 0. The van der Waals surface area contributed by atoms with Crippen LogP contribution in [-0.4, -0.2) is 50.1 Å². The lowest BCUT2D eigenvalue weighted by Crippen LogP contribution is -2.33. The Bertz CT molecular complexity index is 231. The van der Waals surface area contributed by atoms with Crippen molar-refractivity contribution in [3.05, 3.63) is 0 Å². The van der Waals surface area contributed by atoms with Gasteiger partial charge in [0, 0.05) is 12.1 Å². The molecule has 0 amide bonds. The minimum Gasteiger partial charge on any atom is -0.306 e. The summed E-state index contributed by atoms with van der Waals surface area (Å²) in [6, 6.07) is 1.73. The van der Waals surface area contributed by atoms with Gasteiger partial charge in [-0.3, -0.25) is 0 Å². The van der Waals surface area contributed by atoms with Crippen LogP contribution in [0.4, 0.5) is 0 Å². The smallest absolute Gasteiger partial charge is 0.00893 e. The lowest BCUT2D eigenvalue weighted by Gasteiger charge is -2.35. The van der Waals surface area contributed by atoms with Crippen LogP contribution in [-0.2, 0) is 0 Å². The van der Waals surface area contributed by atoms with Crippen LogP contribution in [0.5, 0.6) is 0 Å². The van der Waals surface area contributed by atoms with E-state index in [1.165, 1.54) is 64.2 Å². The van der Waals surface area contributed by atoms with Gasteiger partial charge in [-0.2, -0.15) is 0 Å². The van der Waals surface area contributed by atoms with Gasteiger partial charge in [0.1, 0.15) is 0 Å². The molecule has 20 heavy (non-hydrogen) atoms. The third-order valence-corrected chi connectivity index (χ3v) is 6.08. The molecule has 2 fully saturated rings. The summed E-state index contributed by atoms with van der Waals surface area (Å²) in [5.41, 5.74) is 0. The van der Waals surface area contributed by atoms with E-state index >= 15 is 0 Å². The molecule has 0 spiro atoms. The molecule has 0 radical (unpaired) electrons. The lowest BCUT2D eigenvalue weighted by atomic mass is 9.78. The van der Waals surface area contributed by atoms with Crippen LogP contribution < -0.4 is 0 Å². The first-order valence-corrected chi connectivity index (χ1v) is 8.89. The normalized spacial score (nSPS) is 35.7. The third-order valence-electron chi connectivity index (χ3n) is 6.08. The molecule has 0 heterocycles. The van der Waals surface area contributed by atoms with E-state index in [1.807, 2.05) is 0 Å². The highest BCUT2D eigenvalue weighted by Crippen LogP contribution is 2.34. The van der Waals surface area contributed by atoms with Crippen molar-refractivity contribution in [3.8, 4) is 0 Å². The molecule has 118 valence electrons. The zero-order valence-electron chi connectivity index (χ0n) is 14.3. The molecule has 0 bridgehead atoms. The standard InChI is InChI=1S/C18H36N2/c1-19(2)17-11-7-15(8-12-17)5-6-16-9-13-18(14-10-16)20(3)4/h15-18H,5-14H2,1-4H3. The Labute approximate surface area is 126 Å². The van der Waals surface area contributed by atoms with E-state index in [2.05, 4.69) is 38.0 Å². The molecule has 0 aliphatic heterocycles. The molecule has 2 nitrogen and oxygen atoms in total. The number of rotatable bonds is 5. The van der Waals surface area contributed by atoms with Gasteiger partial charge in [-0.25, -0.2) is 0 Å². The van der Waals surface area contributed by atoms with Crippen molar-refractivity contribution in [3.63, 3.8) is 0 Å². The van der Waals surface area contributed by atoms with Crippen molar-refractivity contribution in [2.75, 3.05) is 28.2 Å². The van der Waals surface area contributed by atoms with Crippen molar-refractivity contribution < 1.29 is 0 Å². The van der Waals surface area contributed by atoms with Crippen LogP contribution in [0.1, 0.15) is 64.2 Å². The monoisotopic (exact) mass is 280 g/mol. The third kappa shape index (κ3) is 4.73. The van der Waals surface area contributed by atoms with E-state index in [-0.39, 0.29) is 0 Å². The minimum absolute atomic E-state index is 0.863. The van der Waals surface area contributed by atoms with Gasteiger partial charge < -0.3 is 9.80 Å². The van der Waals surface area contributed by atoms with E-state index in [1.54, 1.807) is 0 Å². The summed E-state index contributed by atoms with van der Waals surface area (Å²) in [4.78, 5) is 4.86. The number of hydrogen-bond donors (Lipinski definition) is 0. The molecular weight excluding hydrogens is 244 g/mol. The van der Waals surface area contributed by atoms with Gasteiger partial charge in [0.25, 0.3) is 0 Å². The van der Waals surface area contributed by atoms with Gasteiger partial charge in [-0.15, -0.1) is 0 Å². The Hall–Kier alpha value is -0.0800. The first-order chi connectivity index (χ1) is 9.56. The second kappa shape index (κ2) is 7.79. The molecule has 2 rings (SSSR count). The average molecular weight is 281 g/mol. The van der Waals surface area contributed by atoms with Gasteiger partial charge in [-0.05, 0) is 91.4 Å². The molecule has 2 saturated carbocycles. The van der Waals surface area contributed by atoms with Crippen molar-refractivity contribution in [1.29, 1.82) is 0 Å². The molecule has 0 atom stereocenters. The van der Waals surface area contributed by atoms with Gasteiger partial charge in [0.05, 0.1) is 0 Å². The fourth-order valence-corrected chi connectivity index (χ4v) is 4.37. The predicted octanol–water partition coefficient (Wildman–Crippen LogP) is 4.01. The van der Waals surface area contributed by atoms with E-state index in [0.29, 0.717) is 0 Å². The lowest BCUT2D eigenvalue weighted by molar-refractivity contribution is 0.164. The maximum Gasteiger partial charge on any atom is 0.00893 e. The Morgan fingerprint density at radius 3 is 1.10 bits per heavy atom. The van der Waals surface area contributed by atoms with Crippen LogP contribution >= 0.6 is 0 Å². The first-order valence-electron chi connectivity index (χ1n) is 8.89. The fraction of sp³-hybridized carbons (Fsp3) is 1.00. The number of nitrogens with zero attached hydrogens (tertiary/aromatic N) is 2. The Morgan fingerprint density at radius 1 is 0.550 bits per heavy atom. The first kappa shape index (κ1) is 16.3. The van der Waals surface area contributed by atoms with Crippen molar-refractivity contribution >= 4 is 0 Å². The molecular formula is C18H36N2. The van der Waals surface area contributed by atoms with Crippen molar-refractivity contribution in [1.82, 2.24) is 9.80 Å². The average Bonchev–Trinajstić information content (AvgIpc) is 2.46. The van der Waals surface area contributed by atoms with E-state index in [9.17, 15) is 0 Å². The zero-order chi connectivity index (χ0) is 14.5. The molecule has 2 aliphatic carbocycles. The highest BCUT2D eigenvalue weighted by atomic mass is 15.1. The summed E-state index contributed by atoms with van der Waals surface area (Å²) >= 11 is 0. The van der Waals surface area contributed by atoms with Gasteiger partial charge in [0.2, 0.25) is 0 Å². The van der Waals surface area contributed by atoms with Crippen molar-refractivity contribution in [2.24, 2.45) is 11.8 Å². The molecule has 0 saturated heterocycles. The summed E-state index contributed by atoms with van der Waals surface area (Å²) in [5.74, 6) is 2.08. The topological polar surface area (TPSA) is 6.48 Å². The molecule has 0 unspecified atom stereocenters. The second-order valence-electron chi connectivity index (χ2n) is 7.85. The van der Waals surface area contributed by atoms with E-state index in [4.69, 9.17) is 0 Å². The minimum atomic E-state index is 0.863. The largest absolute Gasteiger partial charge is 0.306 e. The highest BCUT2D eigenvalue weighted by Gasteiger charge is 2.25. The number of hydrogen-bond acceptors (Lipinski definition) is 2. The summed E-state index contributed by atoms with van der Waals surface area (Å²) in [5, 5.41) is 0. The Balaban J connectivity index is 1.60. The van der Waals surface area contributed by atoms with Gasteiger partial charge in [-0.1, -0.05) is 12.8 Å². The molecule has 0 aromatic heterocycles. The van der Waals surface area contributed by atoms with Gasteiger partial charge in [0.15, 0.2) is 0 Å². The summed E-state index contributed by atoms with van der Waals surface area (Å²) in [6.07, 6.45) is 14.7.